The third-order valence-corrected chi connectivity index (χ3v) is 4.90. The van der Waals surface area contributed by atoms with Crippen LogP contribution in [0.5, 0.6) is 5.75 Å². The Morgan fingerprint density at radius 1 is 1.21 bits per heavy atom. The molecule has 0 amide bonds. The number of nitrogens with zero attached hydrogens (tertiary/aromatic N) is 4. The van der Waals surface area contributed by atoms with Gasteiger partial charge in [-0.25, -0.2) is 4.68 Å². The quantitative estimate of drug-likeness (QED) is 0.762. The van der Waals surface area contributed by atoms with E-state index < -0.39 is 0 Å². The molecule has 1 aromatic heterocycles. The minimum atomic E-state index is 0.244. The first kappa shape index (κ1) is 15.6. The molecule has 0 saturated carbocycles. The van der Waals surface area contributed by atoms with Gasteiger partial charge in [-0.3, -0.25) is 0 Å². The van der Waals surface area contributed by atoms with Crippen LogP contribution in [0.25, 0.3) is 0 Å². The summed E-state index contributed by atoms with van der Waals surface area (Å²) in [6.07, 6.45) is 5.37. The highest BCUT2D eigenvalue weighted by atomic mass is 16.5. The van der Waals surface area contributed by atoms with Crippen LogP contribution in [0, 0.1) is 0 Å². The molecule has 2 atom stereocenters. The van der Waals surface area contributed by atoms with E-state index in [4.69, 9.17) is 9.47 Å². The van der Waals surface area contributed by atoms with E-state index in [1.807, 2.05) is 36.5 Å². The minimum absolute atomic E-state index is 0.244. The minimum Gasteiger partial charge on any atom is -0.494 e. The molecule has 4 rings (SSSR count). The second kappa shape index (κ2) is 7.32. The van der Waals surface area contributed by atoms with E-state index in [1.54, 1.807) is 0 Å². The Bertz CT molecular complexity index is 645. The number of hydrogen-bond donors (Lipinski definition) is 0. The maximum absolute atomic E-state index is 6.02. The fourth-order valence-electron chi connectivity index (χ4n) is 3.60. The zero-order valence-corrected chi connectivity index (χ0v) is 13.9. The molecule has 2 aliphatic rings. The summed E-state index contributed by atoms with van der Waals surface area (Å²) in [5.74, 6) is 0.956. The number of para-hydroxylation sites is 1. The van der Waals surface area contributed by atoms with Gasteiger partial charge in [0.05, 0.1) is 37.3 Å². The second-order valence-corrected chi connectivity index (χ2v) is 6.54. The van der Waals surface area contributed by atoms with Gasteiger partial charge in [0.2, 0.25) is 0 Å². The topological polar surface area (TPSA) is 52.4 Å². The smallest absolute Gasteiger partial charge is 0.119 e. The number of hydrogen-bond acceptors (Lipinski definition) is 5. The van der Waals surface area contributed by atoms with E-state index in [2.05, 4.69) is 19.9 Å². The summed E-state index contributed by atoms with van der Waals surface area (Å²) in [5, 5.41) is 8.25. The summed E-state index contributed by atoms with van der Waals surface area (Å²) >= 11 is 0. The van der Waals surface area contributed by atoms with E-state index in [0.717, 1.165) is 56.9 Å². The normalized spacial score (nSPS) is 23.5. The van der Waals surface area contributed by atoms with Crippen LogP contribution in [-0.4, -0.2) is 52.2 Å². The van der Waals surface area contributed by atoms with Gasteiger partial charge in [0.15, 0.2) is 0 Å². The van der Waals surface area contributed by atoms with Crippen molar-refractivity contribution in [3.05, 3.63) is 42.2 Å². The van der Waals surface area contributed by atoms with E-state index in [0.29, 0.717) is 12.6 Å². The molecule has 24 heavy (non-hydrogen) atoms. The van der Waals surface area contributed by atoms with Gasteiger partial charge in [-0.1, -0.05) is 23.4 Å². The highest BCUT2D eigenvalue weighted by Gasteiger charge is 2.35. The van der Waals surface area contributed by atoms with Crippen molar-refractivity contribution in [2.45, 2.75) is 38.0 Å². The van der Waals surface area contributed by atoms with Gasteiger partial charge in [0.1, 0.15) is 5.75 Å². The first-order valence-corrected chi connectivity index (χ1v) is 8.81. The van der Waals surface area contributed by atoms with Crippen LogP contribution < -0.4 is 4.74 Å². The first-order valence-electron chi connectivity index (χ1n) is 8.81. The standard InChI is InChI=1S/C18H24N4O2/c1-2-6-16(7-3-1)23-11-5-4-9-21-10-8-17-18(13-21)24-14-15-12-19-20-22(15)17/h1-3,6-7,12,17-18H,4-5,8-11,13-14H2/t17-,18-/m0/s1. The predicted molar refractivity (Wildman–Crippen MR) is 89.9 cm³/mol. The van der Waals surface area contributed by atoms with Gasteiger partial charge >= 0.3 is 0 Å². The third kappa shape index (κ3) is 3.44. The van der Waals surface area contributed by atoms with Gasteiger partial charge in [-0.2, -0.15) is 0 Å². The number of fused-ring (bicyclic) bond motifs is 3. The van der Waals surface area contributed by atoms with Crippen molar-refractivity contribution < 1.29 is 9.47 Å². The van der Waals surface area contributed by atoms with Crippen molar-refractivity contribution in [1.29, 1.82) is 0 Å². The van der Waals surface area contributed by atoms with Gasteiger partial charge in [-0.05, 0) is 37.9 Å². The molecule has 0 bridgehead atoms. The van der Waals surface area contributed by atoms with Crippen molar-refractivity contribution in [2.75, 3.05) is 26.2 Å². The fraction of sp³-hybridized carbons (Fsp3) is 0.556. The molecular formula is C18H24N4O2. The van der Waals surface area contributed by atoms with E-state index in [1.165, 1.54) is 0 Å². The lowest BCUT2D eigenvalue weighted by molar-refractivity contribution is -0.0690. The second-order valence-electron chi connectivity index (χ2n) is 6.54. The van der Waals surface area contributed by atoms with Gasteiger partial charge in [0.25, 0.3) is 0 Å². The Morgan fingerprint density at radius 3 is 3.04 bits per heavy atom. The summed E-state index contributed by atoms with van der Waals surface area (Å²) < 4.78 is 13.8. The Hall–Kier alpha value is -1.92. The van der Waals surface area contributed by atoms with Crippen molar-refractivity contribution in [2.24, 2.45) is 0 Å². The maximum Gasteiger partial charge on any atom is 0.119 e. The number of benzene rings is 1. The SMILES string of the molecule is c1ccc(OCCCCN2CC[C@H]3[C@H](C2)OCc2cnnn23)cc1. The molecule has 6 heteroatoms. The third-order valence-electron chi connectivity index (χ3n) is 4.90. The average Bonchev–Trinajstić information content (AvgIpc) is 3.11. The van der Waals surface area contributed by atoms with Crippen LogP contribution in [0.4, 0.5) is 0 Å². The number of ether oxygens (including phenoxy) is 2. The van der Waals surface area contributed by atoms with Crippen LogP contribution in [0.1, 0.15) is 31.0 Å². The zero-order chi connectivity index (χ0) is 16.2. The molecule has 0 radical (unpaired) electrons. The molecule has 0 spiro atoms. The number of rotatable bonds is 6. The molecule has 2 aliphatic heterocycles. The van der Waals surface area contributed by atoms with Crippen molar-refractivity contribution in [1.82, 2.24) is 19.9 Å². The van der Waals surface area contributed by atoms with Crippen LogP contribution in [-0.2, 0) is 11.3 Å². The molecule has 3 heterocycles. The maximum atomic E-state index is 6.02. The molecule has 0 aliphatic carbocycles. The molecule has 1 saturated heterocycles. The van der Waals surface area contributed by atoms with Crippen LogP contribution in [0.15, 0.2) is 36.5 Å². The lowest BCUT2D eigenvalue weighted by Gasteiger charge is -2.41. The molecule has 2 aromatic rings. The Balaban J connectivity index is 1.18. The summed E-state index contributed by atoms with van der Waals surface area (Å²) in [5.41, 5.74) is 1.10. The van der Waals surface area contributed by atoms with E-state index in [9.17, 15) is 0 Å². The lowest BCUT2D eigenvalue weighted by Crippen LogP contribution is -2.48. The number of likely N-dealkylation sites (tertiary alicyclic amines) is 1. The summed E-state index contributed by atoms with van der Waals surface area (Å²) in [6, 6.07) is 10.4. The van der Waals surface area contributed by atoms with Crippen molar-refractivity contribution in [3.8, 4) is 5.75 Å². The van der Waals surface area contributed by atoms with Crippen LogP contribution >= 0.6 is 0 Å². The largest absolute Gasteiger partial charge is 0.494 e. The molecule has 6 nitrogen and oxygen atoms in total. The highest BCUT2D eigenvalue weighted by molar-refractivity contribution is 5.20. The van der Waals surface area contributed by atoms with E-state index in [-0.39, 0.29) is 6.10 Å². The summed E-state index contributed by atoms with van der Waals surface area (Å²) in [4.78, 5) is 2.51. The molecule has 1 aromatic carbocycles. The predicted octanol–water partition coefficient (Wildman–Crippen LogP) is 2.28. The Kier molecular flexibility index (Phi) is 4.76. The van der Waals surface area contributed by atoms with Crippen LogP contribution in [0.3, 0.4) is 0 Å². The van der Waals surface area contributed by atoms with Gasteiger partial charge in [-0.15, -0.1) is 5.10 Å². The van der Waals surface area contributed by atoms with Crippen molar-refractivity contribution >= 4 is 0 Å². The molecule has 0 N–H and O–H groups in total. The van der Waals surface area contributed by atoms with Gasteiger partial charge in [0, 0.05) is 13.1 Å². The zero-order valence-electron chi connectivity index (χ0n) is 13.9. The monoisotopic (exact) mass is 328 g/mol. The summed E-state index contributed by atoms with van der Waals surface area (Å²) in [6.45, 7) is 4.61. The summed E-state index contributed by atoms with van der Waals surface area (Å²) in [7, 11) is 0. The average molecular weight is 328 g/mol. The molecule has 1 fully saturated rings. The molecule has 0 unspecified atom stereocenters. The highest BCUT2D eigenvalue weighted by Crippen LogP contribution is 2.30. The van der Waals surface area contributed by atoms with Crippen LogP contribution in [0.2, 0.25) is 0 Å². The fourth-order valence-corrected chi connectivity index (χ4v) is 3.60. The number of piperidine rings is 1. The number of unbranched alkanes of at least 4 members (excludes halogenated alkanes) is 1. The first-order chi connectivity index (χ1) is 11.9. The Labute approximate surface area is 142 Å². The lowest BCUT2D eigenvalue weighted by atomic mass is 10.00. The molecule has 128 valence electrons. The number of aromatic nitrogens is 3. The van der Waals surface area contributed by atoms with E-state index >= 15 is 0 Å². The Morgan fingerprint density at radius 2 is 2.12 bits per heavy atom. The van der Waals surface area contributed by atoms with Crippen molar-refractivity contribution in [3.63, 3.8) is 0 Å². The van der Waals surface area contributed by atoms with Gasteiger partial charge < -0.3 is 14.4 Å². The molecular weight excluding hydrogens is 304 g/mol.